The van der Waals surface area contributed by atoms with Crippen molar-refractivity contribution in [3.63, 3.8) is 0 Å². The standard InChI is InChI=1S/C14H19N5OS/c1-5-6-11-12-13(18(4)16-11)19(14(21)15-12)7-10-8(2)17-20-9(10)3/h5-7H2,1-4H3,(H,15,21). The lowest BCUT2D eigenvalue weighted by Gasteiger charge is -2.04. The Kier molecular flexibility index (Phi) is 3.44. The third-order valence-electron chi connectivity index (χ3n) is 3.81. The minimum Gasteiger partial charge on any atom is -0.361 e. The molecular weight excluding hydrogens is 286 g/mol. The number of hydrogen-bond donors (Lipinski definition) is 1. The van der Waals surface area contributed by atoms with Gasteiger partial charge in [0.05, 0.1) is 17.9 Å². The maximum Gasteiger partial charge on any atom is 0.179 e. The second kappa shape index (κ2) is 5.14. The molecule has 0 saturated heterocycles. The molecule has 3 heterocycles. The summed E-state index contributed by atoms with van der Waals surface area (Å²) >= 11 is 5.48. The maximum absolute atomic E-state index is 5.48. The minimum absolute atomic E-state index is 0.644. The molecule has 0 unspecified atom stereocenters. The van der Waals surface area contributed by atoms with Gasteiger partial charge in [0.15, 0.2) is 10.4 Å². The highest BCUT2D eigenvalue weighted by Gasteiger charge is 2.17. The summed E-state index contributed by atoms with van der Waals surface area (Å²) in [5, 5.41) is 8.60. The van der Waals surface area contributed by atoms with Crippen LogP contribution in [-0.4, -0.2) is 24.5 Å². The number of aryl methyl sites for hydroxylation is 4. The quantitative estimate of drug-likeness (QED) is 0.752. The molecule has 3 aromatic heterocycles. The Hall–Kier alpha value is -1.89. The topological polar surface area (TPSA) is 64.6 Å². The normalized spacial score (nSPS) is 11.6. The van der Waals surface area contributed by atoms with E-state index in [-0.39, 0.29) is 0 Å². The number of fused-ring (bicyclic) bond motifs is 1. The van der Waals surface area contributed by atoms with E-state index in [0.717, 1.165) is 46.7 Å². The van der Waals surface area contributed by atoms with E-state index in [2.05, 4.69) is 26.7 Å². The molecular formula is C14H19N5OS. The highest BCUT2D eigenvalue weighted by atomic mass is 32.1. The van der Waals surface area contributed by atoms with Crippen molar-refractivity contribution in [2.24, 2.45) is 7.05 Å². The van der Waals surface area contributed by atoms with Crippen LogP contribution in [0.4, 0.5) is 0 Å². The van der Waals surface area contributed by atoms with Gasteiger partial charge in [0.1, 0.15) is 11.3 Å². The van der Waals surface area contributed by atoms with Crippen molar-refractivity contribution in [3.05, 3.63) is 27.5 Å². The molecule has 0 bridgehead atoms. The van der Waals surface area contributed by atoms with Gasteiger partial charge in [-0.3, -0.25) is 9.25 Å². The van der Waals surface area contributed by atoms with Crippen molar-refractivity contribution in [1.29, 1.82) is 0 Å². The monoisotopic (exact) mass is 305 g/mol. The average molecular weight is 305 g/mol. The molecule has 0 aliphatic heterocycles. The van der Waals surface area contributed by atoms with E-state index in [1.165, 1.54) is 0 Å². The van der Waals surface area contributed by atoms with Gasteiger partial charge in [0, 0.05) is 12.6 Å². The number of imidazole rings is 1. The highest BCUT2D eigenvalue weighted by Crippen LogP contribution is 2.22. The molecule has 1 N–H and O–H groups in total. The van der Waals surface area contributed by atoms with E-state index < -0.39 is 0 Å². The van der Waals surface area contributed by atoms with Crippen LogP contribution in [0.2, 0.25) is 0 Å². The third kappa shape index (κ3) is 2.21. The minimum atomic E-state index is 0.644. The predicted octanol–water partition coefficient (Wildman–Crippen LogP) is 3.04. The Morgan fingerprint density at radius 3 is 2.71 bits per heavy atom. The van der Waals surface area contributed by atoms with Crippen LogP contribution in [0.1, 0.15) is 36.1 Å². The molecule has 21 heavy (non-hydrogen) atoms. The number of aromatic nitrogens is 5. The number of aromatic amines is 1. The number of H-pyrrole nitrogens is 1. The zero-order chi connectivity index (χ0) is 15.1. The van der Waals surface area contributed by atoms with Gasteiger partial charge in [-0.15, -0.1) is 0 Å². The number of hydrogen-bond acceptors (Lipinski definition) is 4. The molecule has 0 spiro atoms. The summed E-state index contributed by atoms with van der Waals surface area (Å²) in [6.07, 6.45) is 2.00. The molecule has 3 aromatic rings. The van der Waals surface area contributed by atoms with Crippen LogP contribution in [0.3, 0.4) is 0 Å². The first-order valence-corrected chi connectivity index (χ1v) is 7.49. The van der Waals surface area contributed by atoms with E-state index in [1.54, 1.807) is 0 Å². The van der Waals surface area contributed by atoms with Crippen LogP contribution in [0.15, 0.2) is 4.52 Å². The zero-order valence-electron chi connectivity index (χ0n) is 12.7. The lowest BCUT2D eigenvalue weighted by Crippen LogP contribution is -2.05. The van der Waals surface area contributed by atoms with E-state index in [4.69, 9.17) is 16.7 Å². The van der Waals surface area contributed by atoms with E-state index in [0.29, 0.717) is 11.3 Å². The number of rotatable bonds is 4. The fourth-order valence-corrected chi connectivity index (χ4v) is 2.97. The Balaban J connectivity index is 2.15. The van der Waals surface area contributed by atoms with Crippen molar-refractivity contribution in [3.8, 4) is 0 Å². The molecule has 3 rings (SSSR count). The van der Waals surface area contributed by atoms with Crippen molar-refractivity contribution in [2.45, 2.75) is 40.2 Å². The molecule has 112 valence electrons. The summed E-state index contributed by atoms with van der Waals surface area (Å²) in [5.74, 6) is 0.833. The van der Waals surface area contributed by atoms with Crippen LogP contribution >= 0.6 is 12.2 Å². The fraction of sp³-hybridized carbons (Fsp3) is 0.500. The van der Waals surface area contributed by atoms with Crippen LogP contribution < -0.4 is 0 Å². The first-order valence-electron chi connectivity index (χ1n) is 7.09. The first kappa shape index (κ1) is 14.1. The summed E-state index contributed by atoms with van der Waals surface area (Å²) in [6.45, 7) is 6.67. The van der Waals surface area contributed by atoms with Crippen molar-refractivity contribution < 1.29 is 4.52 Å². The van der Waals surface area contributed by atoms with Gasteiger partial charge >= 0.3 is 0 Å². The highest BCUT2D eigenvalue weighted by molar-refractivity contribution is 7.71. The van der Waals surface area contributed by atoms with E-state index in [1.807, 2.05) is 25.6 Å². The SMILES string of the molecule is CCCc1nn(C)c2c1[nH]c(=S)n2Cc1c(C)noc1C. The second-order valence-corrected chi connectivity index (χ2v) is 5.72. The molecule has 0 amide bonds. The van der Waals surface area contributed by atoms with Crippen molar-refractivity contribution in [1.82, 2.24) is 24.5 Å². The molecule has 0 aliphatic rings. The third-order valence-corrected chi connectivity index (χ3v) is 4.13. The molecule has 0 atom stereocenters. The Labute approximate surface area is 127 Å². The largest absolute Gasteiger partial charge is 0.361 e. The summed E-state index contributed by atoms with van der Waals surface area (Å²) in [6, 6.07) is 0. The zero-order valence-corrected chi connectivity index (χ0v) is 13.5. The predicted molar refractivity (Wildman–Crippen MR) is 83.0 cm³/mol. The molecule has 6 nitrogen and oxygen atoms in total. The lowest BCUT2D eigenvalue weighted by atomic mass is 10.2. The Morgan fingerprint density at radius 1 is 1.33 bits per heavy atom. The number of nitrogens with one attached hydrogen (secondary N) is 1. The Morgan fingerprint density at radius 2 is 2.10 bits per heavy atom. The molecule has 0 aliphatic carbocycles. The second-order valence-electron chi connectivity index (χ2n) is 5.34. The first-order chi connectivity index (χ1) is 10.0. The van der Waals surface area contributed by atoms with Crippen LogP contribution in [0, 0.1) is 18.6 Å². The molecule has 7 heteroatoms. The van der Waals surface area contributed by atoms with Gasteiger partial charge in [-0.25, -0.2) is 0 Å². The maximum atomic E-state index is 5.48. The molecule has 0 fully saturated rings. The summed E-state index contributed by atoms with van der Waals surface area (Å²) < 4.78 is 9.90. The lowest BCUT2D eigenvalue weighted by molar-refractivity contribution is 0.392. The van der Waals surface area contributed by atoms with Crippen molar-refractivity contribution in [2.75, 3.05) is 0 Å². The smallest absolute Gasteiger partial charge is 0.179 e. The summed E-state index contributed by atoms with van der Waals surface area (Å²) in [5.41, 5.74) is 5.10. The van der Waals surface area contributed by atoms with Crippen LogP contribution in [0.5, 0.6) is 0 Å². The average Bonchev–Trinajstić information content (AvgIpc) is 3.02. The summed E-state index contributed by atoms with van der Waals surface area (Å²) in [7, 11) is 1.95. The molecule has 0 saturated carbocycles. The van der Waals surface area contributed by atoms with Gasteiger partial charge in [-0.1, -0.05) is 18.5 Å². The summed E-state index contributed by atoms with van der Waals surface area (Å²) in [4.78, 5) is 3.30. The van der Waals surface area contributed by atoms with E-state index >= 15 is 0 Å². The number of nitrogens with zero attached hydrogens (tertiary/aromatic N) is 4. The van der Waals surface area contributed by atoms with Gasteiger partial charge < -0.3 is 9.51 Å². The van der Waals surface area contributed by atoms with Gasteiger partial charge in [-0.2, -0.15) is 5.10 Å². The van der Waals surface area contributed by atoms with E-state index in [9.17, 15) is 0 Å². The van der Waals surface area contributed by atoms with Crippen LogP contribution in [0.25, 0.3) is 11.2 Å². The van der Waals surface area contributed by atoms with Gasteiger partial charge in [0.25, 0.3) is 0 Å². The van der Waals surface area contributed by atoms with Gasteiger partial charge in [0.2, 0.25) is 0 Å². The molecule has 0 radical (unpaired) electrons. The molecule has 0 aromatic carbocycles. The Bertz CT molecular complexity index is 831. The van der Waals surface area contributed by atoms with Crippen LogP contribution in [-0.2, 0) is 20.0 Å². The fourth-order valence-electron chi connectivity index (χ4n) is 2.72. The van der Waals surface area contributed by atoms with Gasteiger partial charge in [-0.05, 0) is 32.5 Å². The van der Waals surface area contributed by atoms with Crippen molar-refractivity contribution >= 4 is 23.4 Å².